The molecule has 0 saturated carbocycles. The second-order valence-corrected chi connectivity index (χ2v) is 7.35. The summed E-state index contributed by atoms with van der Waals surface area (Å²) >= 11 is 0. The topological polar surface area (TPSA) is 24.9 Å². The van der Waals surface area contributed by atoms with Crippen molar-refractivity contribution in [3.63, 3.8) is 0 Å². The van der Waals surface area contributed by atoms with E-state index < -0.39 is 0 Å². The van der Waals surface area contributed by atoms with Crippen LogP contribution in [0.15, 0.2) is 91.1 Å². The Kier molecular flexibility index (Phi) is 3.26. The monoisotopic (exact) mass is 358 g/mol. The van der Waals surface area contributed by atoms with Crippen molar-refractivity contribution in [1.82, 2.24) is 4.98 Å². The lowest BCUT2D eigenvalue weighted by atomic mass is 9.92. The lowest BCUT2D eigenvalue weighted by Crippen LogP contribution is -2.00. The normalized spacial score (nSPS) is 11.7. The summed E-state index contributed by atoms with van der Waals surface area (Å²) in [6, 6.07) is 30.4. The van der Waals surface area contributed by atoms with E-state index in [1.165, 1.54) is 37.9 Å². The molecule has 132 valence electrons. The van der Waals surface area contributed by atoms with E-state index in [2.05, 4.69) is 89.2 Å². The Morgan fingerprint density at radius 2 is 1.39 bits per heavy atom. The first-order valence-electron chi connectivity index (χ1n) is 9.61. The van der Waals surface area contributed by atoms with E-state index in [0.717, 1.165) is 23.1 Å². The van der Waals surface area contributed by atoms with Crippen molar-refractivity contribution in [2.24, 2.45) is 0 Å². The minimum atomic E-state index is 0.792. The van der Waals surface area contributed by atoms with E-state index in [4.69, 9.17) is 0 Å². The van der Waals surface area contributed by atoms with Gasteiger partial charge in [0.05, 0.1) is 5.52 Å². The Morgan fingerprint density at radius 3 is 2.29 bits per heavy atom. The molecule has 28 heavy (non-hydrogen) atoms. The van der Waals surface area contributed by atoms with Gasteiger partial charge in [-0.2, -0.15) is 0 Å². The summed E-state index contributed by atoms with van der Waals surface area (Å²) in [5.74, 6) is 0. The molecule has 0 aliphatic rings. The summed E-state index contributed by atoms with van der Waals surface area (Å²) in [6.07, 6.45) is 1.83. The van der Waals surface area contributed by atoms with Gasteiger partial charge >= 0.3 is 0 Å². The molecule has 0 aliphatic heterocycles. The molecule has 1 aromatic heterocycles. The molecular formula is C26H18N2. The van der Waals surface area contributed by atoms with Crippen LogP contribution in [-0.2, 0) is 6.54 Å². The van der Waals surface area contributed by atoms with Crippen molar-refractivity contribution in [1.29, 1.82) is 0 Å². The molecule has 0 unspecified atom stereocenters. The first kappa shape index (κ1) is 15.4. The fraction of sp³-hybridized carbons (Fsp3) is 0.0385. The molecular weight excluding hydrogens is 340 g/mol. The third kappa shape index (κ3) is 2.31. The Labute approximate surface area is 162 Å². The van der Waals surface area contributed by atoms with Gasteiger partial charge in [-0.15, -0.1) is 0 Å². The predicted molar refractivity (Wildman–Crippen MR) is 119 cm³/mol. The smallest absolute Gasteiger partial charge is 0.0703 e. The van der Waals surface area contributed by atoms with Crippen molar-refractivity contribution in [2.75, 3.05) is 5.32 Å². The predicted octanol–water partition coefficient (Wildman–Crippen LogP) is 6.74. The highest BCUT2D eigenvalue weighted by Crippen LogP contribution is 2.36. The number of hydrogen-bond donors (Lipinski definition) is 1. The number of fused-ring (bicyclic) bond motifs is 1. The Hall–Kier alpha value is -3.65. The third-order valence-corrected chi connectivity index (χ3v) is 5.70. The van der Waals surface area contributed by atoms with Gasteiger partial charge in [-0.3, -0.25) is 4.98 Å². The van der Waals surface area contributed by atoms with Crippen molar-refractivity contribution in [3.05, 3.63) is 96.7 Å². The van der Waals surface area contributed by atoms with E-state index in [1.54, 1.807) is 0 Å². The summed E-state index contributed by atoms with van der Waals surface area (Å²) < 4.78 is 0. The average molecular weight is 358 g/mol. The molecule has 6 aromatic rings. The molecule has 0 spiro atoms. The first-order chi connectivity index (χ1) is 13.9. The Morgan fingerprint density at radius 1 is 0.643 bits per heavy atom. The van der Waals surface area contributed by atoms with Crippen molar-refractivity contribution in [3.8, 4) is 0 Å². The number of anilines is 1. The van der Waals surface area contributed by atoms with Crippen LogP contribution < -0.4 is 5.32 Å². The maximum atomic E-state index is 4.40. The minimum absolute atomic E-state index is 0.792. The summed E-state index contributed by atoms with van der Waals surface area (Å²) in [4.78, 5) is 4.40. The fourth-order valence-electron chi connectivity index (χ4n) is 4.33. The molecule has 0 saturated heterocycles. The number of aromatic nitrogens is 1. The van der Waals surface area contributed by atoms with Gasteiger partial charge in [0.25, 0.3) is 0 Å². The average Bonchev–Trinajstić information content (AvgIpc) is 2.76. The van der Waals surface area contributed by atoms with E-state index in [-0.39, 0.29) is 0 Å². The number of nitrogens with zero attached hydrogens (tertiary/aromatic N) is 1. The molecule has 0 bridgehead atoms. The van der Waals surface area contributed by atoms with Crippen LogP contribution in [0.4, 0.5) is 5.69 Å². The zero-order chi connectivity index (χ0) is 18.5. The second kappa shape index (κ2) is 5.93. The van der Waals surface area contributed by atoms with E-state index in [9.17, 15) is 0 Å². The molecule has 1 N–H and O–H groups in total. The van der Waals surface area contributed by atoms with Crippen LogP contribution in [0.1, 0.15) is 5.56 Å². The van der Waals surface area contributed by atoms with Crippen LogP contribution in [0, 0.1) is 0 Å². The molecule has 0 amide bonds. The number of hydrogen-bond acceptors (Lipinski definition) is 2. The van der Waals surface area contributed by atoms with Crippen LogP contribution in [0.5, 0.6) is 0 Å². The van der Waals surface area contributed by atoms with Crippen molar-refractivity contribution in [2.45, 2.75) is 6.54 Å². The highest BCUT2D eigenvalue weighted by molar-refractivity contribution is 6.23. The van der Waals surface area contributed by atoms with E-state index >= 15 is 0 Å². The number of nitrogens with one attached hydrogen (secondary N) is 1. The summed E-state index contributed by atoms with van der Waals surface area (Å²) in [5, 5.41) is 12.8. The van der Waals surface area contributed by atoms with Gasteiger partial charge in [0.1, 0.15) is 0 Å². The summed E-state index contributed by atoms with van der Waals surface area (Å²) in [6.45, 7) is 0.792. The van der Waals surface area contributed by atoms with Gasteiger partial charge in [0.2, 0.25) is 0 Å². The summed E-state index contributed by atoms with van der Waals surface area (Å²) in [7, 11) is 0. The molecule has 0 fully saturated rings. The third-order valence-electron chi connectivity index (χ3n) is 5.70. The molecule has 0 radical (unpaired) electrons. The maximum Gasteiger partial charge on any atom is 0.0703 e. The van der Waals surface area contributed by atoms with Crippen molar-refractivity contribution < 1.29 is 0 Å². The van der Waals surface area contributed by atoms with Gasteiger partial charge in [-0.05, 0) is 62.1 Å². The standard InChI is InChI=1S/C26H18N2/c1-3-17-6-7-19-8-9-21(23-12-10-18(4-1)25(17)26(19)23)16-28-22-11-13-24-20(15-22)5-2-14-27-24/h1-15,28H,16H2. The van der Waals surface area contributed by atoms with E-state index in [1.807, 2.05) is 12.3 Å². The van der Waals surface area contributed by atoms with Gasteiger partial charge in [-0.25, -0.2) is 0 Å². The SMILES string of the molecule is c1cnc2ccc(NCc3ccc4ccc5cccc6ccc3c4c56)cc2c1. The maximum absolute atomic E-state index is 4.40. The number of pyridine rings is 1. The van der Waals surface area contributed by atoms with Crippen LogP contribution in [0.2, 0.25) is 0 Å². The fourth-order valence-corrected chi connectivity index (χ4v) is 4.33. The minimum Gasteiger partial charge on any atom is -0.381 e. The second-order valence-electron chi connectivity index (χ2n) is 7.35. The Balaban J connectivity index is 1.44. The van der Waals surface area contributed by atoms with Crippen molar-refractivity contribution >= 4 is 48.9 Å². The van der Waals surface area contributed by atoms with E-state index in [0.29, 0.717) is 0 Å². The van der Waals surface area contributed by atoms with Gasteiger partial charge < -0.3 is 5.32 Å². The molecule has 6 rings (SSSR count). The molecule has 0 aliphatic carbocycles. The lowest BCUT2D eigenvalue weighted by molar-refractivity contribution is 1.17. The molecule has 2 nitrogen and oxygen atoms in total. The number of rotatable bonds is 3. The Bertz CT molecular complexity index is 1450. The molecule has 2 heteroatoms. The largest absolute Gasteiger partial charge is 0.381 e. The van der Waals surface area contributed by atoms with Crippen LogP contribution in [0.25, 0.3) is 43.2 Å². The molecule has 1 heterocycles. The first-order valence-corrected chi connectivity index (χ1v) is 9.61. The zero-order valence-corrected chi connectivity index (χ0v) is 15.3. The van der Waals surface area contributed by atoms with Gasteiger partial charge in [0.15, 0.2) is 0 Å². The highest BCUT2D eigenvalue weighted by atomic mass is 14.9. The lowest BCUT2D eigenvalue weighted by Gasteiger charge is -2.15. The van der Waals surface area contributed by atoms with Gasteiger partial charge in [0, 0.05) is 23.8 Å². The quantitative estimate of drug-likeness (QED) is 0.354. The molecule has 0 atom stereocenters. The van der Waals surface area contributed by atoms with Crippen LogP contribution in [-0.4, -0.2) is 4.98 Å². The van der Waals surface area contributed by atoms with Gasteiger partial charge in [-0.1, -0.05) is 60.7 Å². The molecule has 5 aromatic carbocycles. The summed E-state index contributed by atoms with van der Waals surface area (Å²) in [5.41, 5.74) is 3.46. The number of benzene rings is 5. The van der Waals surface area contributed by atoms with Crippen LogP contribution in [0.3, 0.4) is 0 Å². The zero-order valence-electron chi connectivity index (χ0n) is 15.3. The van der Waals surface area contributed by atoms with Crippen LogP contribution >= 0.6 is 0 Å². The highest BCUT2D eigenvalue weighted by Gasteiger charge is 2.10.